The topological polar surface area (TPSA) is 30.0 Å². The highest BCUT2D eigenvalue weighted by molar-refractivity contribution is 6.67. The molecule has 1 aromatic heterocycles. The number of carbonyl (C=O) groups excluding carboxylic acids is 1. The van der Waals surface area contributed by atoms with Crippen LogP contribution < -0.4 is 0 Å². The Balaban J connectivity index is 2.58. The lowest BCUT2D eigenvalue weighted by Crippen LogP contribution is -2.05. The number of hydrogen-bond donors (Lipinski definition) is 0. The van der Waals surface area contributed by atoms with Crippen LogP contribution in [0.2, 0.25) is 0 Å². The van der Waals surface area contributed by atoms with E-state index in [2.05, 4.69) is 18.0 Å². The average molecular weight is 276 g/mol. The second-order valence-electron chi connectivity index (χ2n) is 4.80. The molecule has 0 aliphatic rings. The van der Waals surface area contributed by atoms with E-state index in [1.807, 2.05) is 25.1 Å². The van der Waals surface area contributed by atoms with Gasteiger partial charge in [-0.05, 0) is 42.3 Å². The Morgan fingerprint density at radius 3 is 2.53 bits per heavy atom. The van der Waals surface area contributed by atoms with Crippen molar-refractivity contribution in [2.75, 3.05) is 0 Å². The summed E-state index contributed by atoms with van der Waals surface area (Å²) >= 11 is 5.69. The molecule has 0 atom stereocenters. The van der Waals surface area contributed by atoms with E-state index in [0.717, 1.165) is 47.7 Å². The molecule has 100 valence electrons. The van der Waals surface area contributed by atoms with Gasteiger partial charge in [-0.2, -0.15) is 0 Å². The third kappa shape index (κ3) is 2.95. The molecule has 0 saturated heterocycles. The van der Waals surface area contributed by atoms with Crippen LogP contribution in [0.1, 0.15) is 47.9 Å². The summed E-state index contributed by atoms with van der Waals surface area (Å²) < 4.78 is 0. The highest BCUT2D eigenvalue weighted by Crippen LogP contribution is 2.26. The Labute approximate surface area is 118 Å². The number of benzene rings is 1. The van der Waals surface area contributed by atoms with Crippen LogP contribution in [-0.4, -0.2) is 10.2 Å². The fourth-order valence-corrected chi connectivity index (χ4v) is 2.61. The van der Waals surface area contributed by atoms with Gasteiger partial charge in [0, 0.05) is 11.1 Å². The SMILES string of the molecule is CCCCCc1c(C(=O)Cl)nc(C)c2ccccc12. The number of aryl methyl sites for hydroxylation is 2. The van der Waals surface area contributed by atoms with Gasteiger partial charge in [-0.25, -0.2) is 4.98 Å². The van der Waals surface area contributed by atoms with E-state index in [9.17, 15) is 4.79 Å². The molecule has 0 unspecified atom stereocenters. The van der Waals surface area contributed by atoms with Gasteiger partial charge in [0.25, 0.3) is 5.24 Å². The molecule has 2 rings (SSSR count). The van der Waals surface area contributed by atoms with Crippen LogP contribution in [-0.2, 0) is 6.42 Å². The highest BCUT2D eigenvalue weighted by atomic mass is 35.5. The van der Waals surface area contributed by atoms with Crippen molar-refractivity contribution < 1.29 is 4.79 Å². The van der Waals surface area contributed by atoms with Crippen molar-refractivity contribution in [3.8, 4) is 0 Å². The number of pyridine rings is 1. The highest BCUT2D eigenvalue weighted by Gasteiger charge is 2.15. The zero-order valence-corrected chi connectivity index (χ0v) is 12.1. The van der Waals surface area contributed by atoms with Crippen LogP contribution in [0.15, 0.2) is 24.3 Å². The van der Waals surface area contributed by atoms with E-state index >= 15 is 0 Å². The van der Waals surface area contributed by atoms with Gasteiger partial charge >= 0.3 is 0 Å². The van der Waals surface area contributed by atoms with Crippen LogP contribution in [0.25, 0.3) is 10.8 Å². The van der Waals surface area contributed by atoms with Crippen molar-refractivity contribution in [3.05, 3.63) is 41.2 Å². The molecule has 0 aliphatic carbocycles. The molecule has 3 heteroatoms. The Hall–Kier alpha value is -1.41. The molecular weight excluding hydrogens is 258 g/mol. The molecule has 1 aromatic carbocycles. The smallest absolute Gasteiger partial charge is 0.271 e. The molecule has 2 aromatic rings. The molecule has 1 heterocycles. The molecule has 0 bridgehead atoms. The summed E-state index contributed by atoms with van der Waals surface area (Å²) in [6.45, 7) is 4.08. The summed E-state index contributed by atoms with van der Waals surface area (Å²) in [4.78, 5) is 16.0. The van der Waals surface area contributed by atoms with Gasteiger partial charge in [0.05, 0.1) is 0 Å². The van der Waals surface area contributed by atoms with Crippen molar-refractivity contribution >= 4 is 27.6 Å². The predicted molar refractivity (Wildman–Crippen MR) is 79.9 cm³/mol. The summed E-state index contributed by atoms with van der Waals surface area (Å²) in [5.41, 5.74) is 2.28. The van der Waals surface area contributed by atoms with Crippen molar-refractivity contribution in [2.45, 2.75) is 39.5 Å². The van der Waals surface area contributed by atoms with Crippen LogP contribution >= 0.6 is 11.6 Å². The van der Waals surface area contributed by atoms with Crippen molar-refractivity contribution in [1.29, 1.82) is 0 Å². The van der Waals surface area contributed by atoms with Crippen molar-refractivity contribution in [1.82, 2.24) is 4.98 Å². The van der Waals surface area contributed by atoms with E-state index in [1.165, 1.54) is 0 Å². The maximum atomic E-state index is 11.6. The predicted octanol–water partition coefficient (Wildman–Crippen LogP) is 4.65. The maximum Gasteiger partial charge on any atom is 0.271 e. The van der Waals surface area contributed by atoms with Crippen LogP contribution in [0, 0.1) is 6.92 Å². The van der Waals surface area contributed by atoms with Crippen LogP contribution in [0.5, 0.6) is 0 Å². The quantitative estimate of drug-likeness (QED) is 0.587. The van der Waals surface area contributed by atoms with E-state index in [-0.39, 0.29) is 0 Å². The lowest BCUT2D eigenvalue weighted by Gasteiger charge is -2.12. The zero-order valence-electron chi connectivity index (χ0n) is 11.4. The Morgan fingerprint density at radius 2 is 1.89 bits per heavy atom. The minimum Gasteiger partial charge on any atom is -0.274 e. The van der Waals surface area contributed by atoms with Crippen molar-refractivity contribution in [3.63, 3.8) is 0 Å². The van der Waals surface area contributed by atoms with Gasteiger partial charge in [-0.3, -0.25) is 4.79 Å². The maximum absolute atomic E-state index is 11.6. The van der Waals surface area contributed by atoms with Gasteiger partial charge in [-0.1, -0.05) is 44.0 Å². The van der Waals surface area contributed by atoms with E-state index in [0.29, 0.717) is 5.69 Å². The molecule has 2 nitrogen and oxygen atoms in total. The first-order chi connectivity index (χ1) is 9.15. The number of fused-ring (bicyclic) bond motifs is 1. The van der Waals surface area contributed by atoms with Crippen molar-refractivity contribution in [2.24, 2.45) is 0 Å². The molecule has 0 spiro atoms. The number of carbonyl (C=O) groups is 1. The largest absolute Gasteiger partial charge is 0.274 e. The third-order valence-corrected chi connectivity index (χ3v) is 3.60. The lowest BCUT2D eigenvalue weighted by molar-refractivity contribution is 0.107. The standard InChI is InChI=1S/C16H18ClNO/c1-3-4-5-10-14-13-9-7-6-8-12(13)11(2)18-15(14)16(17)19/h6-9H,3-5,10H2,1-2H3. The van der Waals surface area contributed by atoms with Gasteiger partial charge < -0.3 is 0 Å². The normalized spacial score (nSPS) is 10.9. The minimum absolute atomic E-state index is 0.425. The van der Waals surface area contributed by atoms with Crippen LogP contribution in [0.4, 0.5) is 0 Å². The van der Waals surface area contributed by atoms with E-state index in [1.54, 1.807) is 0 Å². The molecule has 19 heavy (non-hydrogen) atoms. The first-order valence-corrected chi connectivity index (χ1v) is 7.11. The van der Waals surface area contributed by atoms with Gasteiger partial charge in [0.1, 0.15) is 5.69 Å². The molecule has 0 aliphatic heterocycles. The van der Waals surface area contributed by atoms with Crippen LogP contribution in [0.3, 0.4) is 0 Å². The molecule has 0 saturated carbocycles. The number of hydrogen-bond acceptors (Lipinski definition) is 2. The number of aromatic nitrogens is 1. The van der Waals surface area contributed by atoms with E-state index in [4.69, 9.17) is 11.6 Å². The van der Waals surface area contributed by atoms with Gasteiger partial charge in [0.15, 0.2) is 0 Å². The second-order valence-corrected chi connectivity index (χ2v) is 5.14. The summed E-state index contributed by atoms with van der Waals surface area (Å²) in [7, 11) is 0. The number of rotatable bonds is 5. The zero-order chi connectivity index (χ0) is 13.8. The van der Waals surface area contributed by atoms with Gasteiger partial charge in [0.2, 0.25) is 0 Å². The number of unbranched alkanes of at least 4 members (excludes halogenated alkanes) is 2. The minimum atomic E-state index is -0.458. The fourth-order valence-electron chi connectivity index (χ4n) is 2.45. The summed E-state index contributed by atoms with van der Waals surface area (Å²) in [5, 5.41) is 1.76. The molecule has 0 radical (unpaired) electrons. The first kappa shape index (κ1) is 14.0. The average Bonchev–Trinajstić information content (AvgIpc) is 2.41. The Morgan fingerprint density at radius 1 is 1.21 bits per heavy atom. The Bertz CT molecular complexity index is 607. The molecule has 0 fully saturated rings. The van der Waals surface area contributed by atoms with E-state index < -0.39 is 5.24 Å². The fraction of sp³-hybridized carbons (Fsp3) is 0.375. The monoisotopic (exact) mass is 275 g/mol. The van der Waals surface area contributed by atoms with Gasteiger partial charge in [-0.15, -0.1) is 0 Å². The Kier molecular flexibility index (Phi) is 4.54. The first-order valence-electron chi connectivity index (χ1n) is 6.73. The summed E-state index contributed by atoms with van der Waals surface area (Å²) in [6, 6.07) is 8.08. The summed E-state index contributed by atoms with van der Waals surface area (Å²) in [5.74, 6) is 0. The second kappa shape index (κ2) is 6.16. The molecule has 0 N–H and O–H groups in total. The lowest BCUT2D eigenvalue weighted by atomic mass is 9.97. The number of halogens is 1. The third-order valence-electron chi connectivity index (χ3n) is 3.42. The molecular formula is C16H18ClNO. The summed E-state index contributed by atoms with van der Waals surface area (Å²) in [6.07, 6.45) is 4.22. The number of nitrogens with zero attached hydrogens (tertiary/aromatic N) is 1. The molecule has 0 amide bonds.